The summed E-state index contributed by atoms with van der Waals surface area (Å²) in [6.07, 6.45) is 2.98. The fraction of sp³-hybridized carbons (Fsp3) is 0.474. The highest BCUT2D eigenvalue weighted by Crippen LogP contribution is 2.41. The third kappa shape index (κ3) is 3.10. The standard InChI is InChI=1S/C19H23FN4OS/c1-3-15-21-19-24(22-15)18(25)17(26-19)16(13-4-6-14(20)7-5-13)23-10-8-12(2)9-11-23/h4-7,12,16,25H,3,8-11H2,1-2H3/t16-/m1/s1. The fourth-order valence-electron chi connectivity index (χ4n) is 3.58. The van der Waals surface area contributed by atoms with E-state index in [0.29, 0.717) is 10.9 Å². The van der Waals surface area contributed by atoms with Crippen LogP contribution >= 0.6 is 11.3 Å². The number of aromatic hydroxyl groups is 1. The summed E-state index contributed by atoms with van der Waals surface area (Å²) in [6, 6.07) is 6.48. The van der Waals surface area contributed by atoms with E-state index in [1.54, 1.807) is 0 Å². The van der Waals surface area contributed by atoms with Gasteiger partial charge in [0.2, 0.25) is 10.8 Å². The van der Waals surface area contributed by atoms with E-state index >= 15 is 0 Å². The van der Waals surface area contributed by atoms with Gasteiger partial charge in [-0.1, -0.05) is 37.3 Å². The van der Waals surface area contributed by atoms with Crippen molar-refractivity contribution in [3.8, 4) is 5.88 Å². The van der Waals surface area contributed by atoms with Crippen LogP contribution < -0.4 is 0 Å². The van der Waals surface area contributed by atoms with E-state index in [4.69, 9.17) is 0 Å². The Kier molecular flexibility index (Phi) is 4.67. The molecule has 1 atom stereocenters. The van der Waals surface area contributed by atoms with Gasteiger partial charge >= 0.3 is 0 Å². The van der Waals surface area contributed by atoms with Gasteiger partial charge in [-0.2, -0.15) is 4.52 Å². The molecule has 1 aliphatic heterocycles. The van der Waals surface area contributed by atoms with Crippen molar-refractivity contribution >= 4 is 16.3 Å². The summed E-state index contributed by atoms with van der Waals surface area (Å²) in [6.45, 7) is 6.18. The van der Waals surface area contributed by atoms with E-state index in [9.17, 15) is 9.50 Å². The van der Waals surface area contributed by atoms with Crippen molar-refractivity contribution in [2.24, 2.45) is 5.92 Å². The van der Waals surface area contributed by atoms with Gasteiger partial charge in [-0.05, 0) is 49.5 Å². The smallest absolute Gasteiger partial charge is 0.230 e. The minimum Gasteiger partial charge on any atom is -0.492 e. The highest BCUT2D eigenvalue weighted by Gasteiger charge is 2.31. The van der Waals surface area contributed by atoms with Gasteiger partial charge in [0.25, 0.3) is 0 Å². The van der Waals surface area contributed by atoms with Crippen molar-refractivity contribution in [2.75, 3.05) is 13.1 Å². The number of thiazole rings is 1. The Morgan fingerprint density at radius 2 is 1.96 bits per heavy atom. The lowest BCUT2D eigenvalue weighted by Crippen LogP contribution is -2.36. The number of aromatic nitrogens is 3. The maximum Gasteiger partial charge on any atom is 0.230 e. The van der Waals surface area contributed by atoms with Gasteiger partial charge in [0, 0.05) is 6.42 Å². The second kappa shape index (κ2) is 6.96. The van der Waals surface area contributed by atoms with Crippen LogP contribution in [0.4, 0.5) is 4.39 Å². The average molecular weight is 374 g/mol. The Hall–Kier alpha value is -1.99. The number of rotatable bonds is 4. The number of piperidine rings is 1. The zero-order valence-electron chi connectivity index (χ0n) is 15.0. The molecule has 2 aromatic heterocycles. The largest absolute Gasteiger partial charge is 0.492 e. The molecule has 0 spiro atoms. The molecule has 1 saturated heterocycles. The van der Waals surface area contributed by atoms with Gasteiger partial charge in [0.15, 0.2) is 5.82 Å². The molecule has 4 rings (SSSR count). The van der Waals surface area contributed by atoms with Crippen molar-refractivity contribution < 1.29 is 9.50 Å². The van der Waals surface area contributed by atoms with Crippen LogP contribution in [0.3, 0.4) is 0 Å². The second-order valence-corrected chi connectivity index (χ2v) is 8.05. The van der Waals surface area contributed by atoms with Crippen molar-refractivity contribution in [1.29, 1.82) is 0 Å². The van der Waals surface area contributed by atoms with E-state index < -0.39 is 0 Å². The third-order valence-electron chi connectivity index (χ3n) is 5.18. The lowest BCUT2D eigenvalue weighted by molar-refractivity contribution is 0.157. The molecule has 26 heavy (non-hydrogen) atoms. The first kappa shape index (κ1) is 17.4. The Bertz CT molecular complexity index is 896. The molecule has 1 fully saturated rings. The first-order valence-corrected chi connectivity index (χ1v) is 9.95. The van der Waals surface area contributed by atoms with Crippen LogP contribution in [-0.2, 0) is 6.42 Å². The SMILES string of the molecule is CCc1nc2sc([C@@H](c3ccc(F)cc3)N3CCC(C)CC3)c(O)n2n1. The molecule has 1 aromatic carbocycles. The molecule has 5 nitrogen and oxygen atoms in total. The molecule has 0 saturated carbocycles. The third-order valence-corrected chi connectivity index (χ3v) is 6.25. The Balaban J connectivity index is 1.78. The maximum absolute atomic E-state index is 13.4. The average Bonchev–Trinajstić information content (AvgIpc) is 3.18. The number of likely N-dealkylation sites (tertiary alicyclic amines) is 1. The number of hydrogen-bond donors (Lipinski definition) is 1. The minimum atomic E-state index is -0.251. The molecule has 0 amide bonds. The summed E-state index contributed by atoms with van der Waals surface area (Å²) in [5.74, 6) is 1.33. The molecular formula is C19H23FN4OS. The zero-order valence-corrected chi connectivity index (χ0v) is 15.8. The van der Waals surface area contributed by atoms with Crippen LogP contribution in [0, 0.1) is 11.7 Å². The minimum absolute atomic E-state index is 0.110. The molecular weight excluding hydrogens is 351 g/mol. The molecule has 1 N–H and O–H groups in total. The van der Waals surface area contributed by atoms with Gasteiger partial charge in [0.1, 0.15) is 5.82 Å². The predicted octanol–water partition coefficient (Wildman–Crippen LogP) is 4.02. The van der Waals surface area contributed by atoms with E-state index in [2.05, 4.69) is 21.9 Å². The number of aryl methyl sites for hydroxylation is 1. The van der Waals surface area contributed by atoms with Gasteiger partial charge in [-0.15, -0.1) is 5.10 Å². The van der Waals surface area contributed by atoms with E-state index in [-0.39, 0.29) is 17.7 Å². The maximum atomic E-state index is 13.4. The van der Waals surface area contributed by atoms with Crippen LogP contribution in [0.1, 0.15) is 49.0 Å². The number of fused-ring (bicyclic) bond motifs is 1. The van der Waals surface area contributed by atoms with Crippen LogP contribution in [-0.4, -0.2) is 37.7 Å². The van der Waals surface area contributed by atoms with E-state index in [1.807, 2.05) is 19.1 Å². The molecule has 7 heteroatoms. The Labute approximate surface area is 156 Å². The molecule has 3 aromatic rings. The summed E-state index contributed by atoms with van der Waals surface area (Å²) in [5, 5.41) is 15.2. The van der Waals surface area contributed by atoms with E-state index in [0.717, 1.165) is 48.6 Å². The molecule has 0 radical (unpaired) electrons. The topological polar surface area (TPSA) is 53.7 Å². The Morgan fingerprint density at radius 1 is 1.27 bits per heavy atom. The van der Waals surface area contributed by atoms with Gasteiger partial charge in [0.05, 0.1) is 10.9 Å². The van der Waals surface area contributed by atoms with Gasteiger partial charge in [-0.3, -0.25) is 4.90 Å². The number of nitrogens with zero attached hydrogens (tertiary/aromatic N) is 4. The molecule has 3 heterocycles. The van der Waals surface area contributed by atoms with Crippen LogP contribution in [0.5, 0.6) is 5.88 Å². The van der Waals surface area contributed by atoms with Crippen LogP contribution in [0.25, 0.3) is 4.96 Å². The summed E-state index contributed by atoms with van der Waals surface area (Å²) >= 11 is 1.47. The van der Waals surface area contributed by atoms with Crippen LogP contribution in [0.15, 0.2) is 24.3 Å². The summed E-state index contributed by atoms with van der Waals surface area (Å²) in [7, 11) is 0. The Morgan fingerprint density at radius 3 is 2.58 bits per heavy atom. The molecule has 138 valence electrons. The normalized spacial score (nSPS) is 17.8. The first-order chi connectivity index (χ1) is 12.6. The number of benzene rings is 1. The molecule has 0 unspecified atom stereocenters. The van der Waals surface area contributed by atoms with Gasteiger partial charge in [-0.25, -0.2) is 9.37 Å². The highest BCUT2D eigenvalue weighted by molar-refractivity contribution is 7.17. The number of halogens is 1. The summed E-state index contributed by atoms with van der Waals surface area (Å²) < 4.78 is 15.0. The molecule has 0 aliphatic carbocycles. The summed E-state index contributed by atoms with van der Waals surface area (Å²) in [4.78, 5) is 8.39. The predicted molar refractivity (Wildman–Crippen MR) is 100 cm³/mol. The van der Waals surface area contributed by atoms with Crippen molar-refractivity contribution in [1.82, 2.24) is 19.5 Å². The second-order valence-electron chi connectivity index (χ2n) is 7.04. The van der Waals surface area contributed by atoms with Crippen LogP contribution in [0.2, 0.25) is 0 Å². The zero-order chi connectivity index (χ0) is 18.3. The quantitative estimate of drug-likeness (QED) is 0.749. The molecule has 0 bridgehead atoms. The monoisotopic (exact) mass is 374 g/mol. The lowest BCUT2D eigenvalue weighted by atomic mass is 9.95. The summed E-state index contributed by atoms with van der Waals surface area (Å²) in [5.41, 5.74) is 0.983. The first-order valence-electron chi connectivity index (χ1n) is 9.13. The van der Waals surface area contributed by atoms with Crippen molar-refractivity contribution in [2.45, 2.75) is 39.2 Å². The lowest BCUT2D eigenvalue weighted by Gasteiger charge is -2.36. The van der Waals surface area contributed by atoms with Crippen molar-refractivity contribution in [3.05, 3.63) is 46.3 Å². The van der Waals surface area contributed by atoms with Crippen molar-refractivity contribution in [3.63, 3.8) is 0 Å². The van der Waals surface area contributed by atoms with Gasteiger partial charge < -0.3 is 5.11 Å². The molecule has 1 aliphatic rings. The van der Waals surface area contributed by atoms with E-state index in [1.165, 1.54) is 28.0 Å². The number of hydrogen-bond acceptors (Lipinski definition) is 5. The fourth-order valence-corrected chi connectivity index (χ4v) is 4.71. The highest BCUT2D eigenvalue weighted by atomic mass is 32.1.